The zero-order valence-electron chi connectivity index (χ0n) is 11.5. The Morgan fingerprint density at radius 2 is 1.90 bits per heavy atom. The van der Waals surface area contributed by atoms with E-state index in [-0.39, 0.29) is 18.8 Å². The van der Waals surface area contributed by atoms with Crippen LogP contribution in [0, 0.1) is 5.92 Å². The molecule has 0 spiro atoms. The highest BCUT2D eigenvalue weighted by Gasteiger charge is 2.42. The maximum atomic E-state index is 12.6. The molecule has 1 N–H and O–H groups in total. The van der Waals surface area contributed by atoms with E-state index in [0.717, 1.165) is 13.1 Å². The molecule has 114 valence electrons. The van der Waals surface area contributed by atoms with Crippen LogP contribution in [0.1, 0.15) is 50.3 Å². The molecule has 0 amide bonds. The molecule has 20 heavy (non-hydrogen) atoms. The Morgan fingerprint density at radius 1 is 1.20 bits per heavy atom. The van der Waals surface area contributed by atoms with Crippen molar-refractivity contribution in [1.82, 2.24) is 15.5 Å². The van der Waals surface area contributed by atoms with Crippen molar-refractivity contribution in [2.45, 2.75) is 51.1 Å². The molecule has 0 bridgehead atoms. The highest BCUT2D eigenvalue weighted by atomic mass is 19.4. The van der Waals surface area contributed by atoms with Gasteiger partial charge in [0.1, 0.15) is 0 Å². The van der Waals surface area contributed by atoms with Crippen molar-refractivity contribution >= 4 is 0 Å². The minimum atomic E-state index is -4.07. The van der Waals surface area contributed by atoms with E-state index in [1.54, 1.807) is 0 Å². The Labute approximate surface area is 116 Å². The Kier molecular flexibility index (Phi) is 5.01. The van der Waals surface area contributed by atoms with Gasteiger partial charge in [-0.25, -0.2) is 0 Å². The first-order chi connectivity index (χ1) is 9.50. The highest BCUT2D eigenvalue weighted by molar-refractivity contribution is 4.95. The summed E-state index contributed by atoms with van der Waals surface area (Å²) in [5, 5.41) is 11.1. The summed E-state index contributed by atoms with van der Waals surface area (Å²) in [6.45, 7) is 3.65. The molecule has 7 heteroatoms. The maximum absolute atomic E-state index is 12.6. The largest absolute Gasteiger partial charge is 0.425 e. The number of hydrogen-bond acceptors (Lipinski definition) is 4. The van der Waals surface area contributed by atoms with Gasteiger partial charge < -0.3 is 9.73 Å². The Bertz CT molecular complexity index is 411. The van der Waals surface area contributed by atoms with E-state index in [1.807, 2.05) is 6.92 Å². The number of nitrogens with zero attached hydrogens (tertiary/aromatic N) is 2. The molecule has 0 unspecified atom stereocenters. The SMILES string of the molecule is CCNCCc1nnc(C2CCC(C(F)(F)F)CC2)o1. The van der Waals surface area contributed by atoms with Gasteiger partial charge in [0.15, 0.2) is 0 Å². The van der Waals surface area contributed by atoms with Gasteiger partial charge in [0.05, 0.1) is 5.92 Å². The fourth-order valence-electron chi connectivity index (χ4n) is 2.57. The maximum Gasteiger partial charge on any atom is 0.391 e. The molecular formula is C13H20F3N3O. The second kappa shape index (κ2) is 6.56. The lowest BCUT2D eigenvalue weighted by atomic mass is 9.81. The van der Waals surface area contributed by atoms with E-state index < -0.39 is 12.1 Å². The fourth-order valence-corrected chi connectivity index (χ4v) is 2.57. The zero-order valence-corrected chi connectivity index (χ0v) is 11.5. The van der Waals surface area contributed by atoms with Gasteiger partial charge in [-0.3, -0.25) is 0 Å². The summed E-state index contributed by atoms with van der Waals surface area (Å²) in [7, 11) is 0. The Balaban J connectivity index is 1.84. The number of rotatable bonds is 5. The van der Waals surface area contributed by atoms with Crippen LogP contribution >= 0.6 is 0 Å². The smallest absolute Gasteiger partial charge is 0.391 e. The lowest BCUT2D eigenvalue weighted by Crippen LogP contribution is -2.27. The van der Waals surface area contributed by atoms with Crippen LogP contribution in [0.2, 0.25) is 0 Å². The first-order valence-electron chi connectivity index (χ1n) is 7.10. The molecular weight excluding hydrogens is 271 g/mol. The summed E-state index contributed by atoms with van der Waals surface area (Å²) in [4.78, 5) is 0. The van der Waals surface area contributed by atoms with Gasteiger partial charge in [-0.15, -0.1) is 10.2 Å². The van der Waals surface area contributed by atoms with E-state index in [2.05, 4.69) is 15.5 Å². The predicted molar refractivity (Wildman–Crippen MR) is 67.3 cm³/mol. The molecule has 1 fully saturated rings. The van der Waals surface area contributed by atoms with Crippen LogP contribution in [0.3, 0.4) is 0 Å². The van der Waals surface area contributed by atoms with E-state index in [4.69, 9.17) is 4.42 Å². The lowest BCUT2D eigenvalue weighted by Gasteiger charge is -2.27. The summed E-state index contributed by atoms with van der Waals surface area (Å²) in [5.41, 5.74) is 0. The van der Waals surface area contributed by atoms with Crippen molar-refractivity contribution in [2.75, 3.05) is 13.1 Å². The molecule has 1 saturated carbocycles. The third-order valence-corrected chi connectivity index (χ3v) is 3.79. The molecule has 1 aromatic heterocycles. The van der Waals surface area contributed by atoms with Gasteiger partial charge in [0, 0.05) is 18.9 Å². The number of likely N-dealkylation sites (N-methyl/N-ethyl adjacent to an activating group) is 1. The van der Waals surface area contributed by atoms with Gasteiger partial charge in [-0.2, -0.15) is 13.2 Å². The van der Waals surface area contributed by atoms with E-state index in [1.165, 1.54) is 0 Å². The van der Waals surface area contributed by atoms with Crippen LogP contribution in [0.15, 0.2) is 4.42 Å². The molecule has 0 radical (unpaired) electrons. The summed E-state index contributed by atoms with van der Waals surface area (Å²) in [6, 6.07) is 0. The van der Waals surface area contributed by atoms with Gasteiger partial charge in [-0.05, 0) is 32.2 Å². The van der Waals surface area contributed by atoms with Crippen molar-refractivity contribution in [3.05, 3.63) is 11.8 Å². The number of alkyl halides is 3. The molecule has 0 saturated heterocycles. The number of nitrogens with one attached hydrogen (secondary N) is 1. The number of halogens is 3. The van der Waals surface area contributed by atoms with Crippen LogP contribution in [-0.4, -0.2) is 29.5 Å². The molecule has 0 aromatic carbocycles. The van der Waals surface area contributed by atoms with Crippen LogP contribution in [-0.2, 0) is 6.42 Å². The van der Waals surface area contributed by atoms with Crippen molar-refractivity contribution in [2.24, 2.45) is 5.92 Å². The normalized spacial score (nSPS) is 24.0. The van der Waals surface area contributed by atoms with Crippen LogP contribution < -0.4 is 5.32 Å². The highest BCUT2D eigenvalue weighted by Crippen LogP contribution is 2.42. The molecule has 1 heterocycles. The predicted octanol–water partition coefficient (Wildman–Crippen LogP) is 3.06. The molecule has 1 aliphatic rings. The molecule has 1 aliphatic carbocycles. The topological polar surface area (TPSA) is 51.0 Å². The number of hydrogen-bond donors (Lipinski definition) is 1. The summed E-state index contributed by atoms with van der Waals surface area (Å²) in [6.07, 6.45) is -2.17. The molecule has 1 aromatic rings. The standard InChI is InChI=1S/C13H20F3N3O/c1-2-17-8-7-11-18-19-12(20-11)9-3-5-10(6-4-9)13(14,15)16/h9-10,17H,2-8H2,1H3. The quantitative estimate of drug-likeness (QED) is 0.847. The second-order valence-electron chi connectivity index (χ2n) is 5.23. The zero-order chi connectivity index (χ0) is 14.6. The molecule has 0 aliphatic heterocycles. The minimum Gasteiger partial charge on any atom is -0.425 e. The Morgan fingerprint density at radius 3 is 2.50 bits per heavy atom. The summed E-state index contributed by atoms with van der Waals surface area (Å²) in [5.74, 6) is -0.139. The van der Waals surface area contributed by atoms with Crippen molar-refractivity contribution in [3.63, 3.8) is 0 Å². The molecule has 0 atom stereocenters. The first kappa shape index (κ1) is 15.3. The average molecular weight is 291 g/mol. The van der Waals surface area contributed by atoms with E-state index in [0.29, 0.717) is 31.0 Å². The van der Waals surface area contributed by atoms with Gasteiger partial charge in [0.2, 0.25) is 11.8 Å². The van der Waals surface area contributed by atoms with Gasteiger partial charge in [-0.1, -0.05) is 6.92 Å². The van der Waals surface area contributed by atoms with E-state index >= 15 is 0 Å². The van der Waals surface area contributed by atoms with Crippen LogP contribution in [0.5, 0.6) is 0 Å². The fraction of sp³-hybridized carbons (Fsp3) is 0.846. The van der Waals surface area contributed by atoms with Gasteiger partial charge >= 0.3 is 6.18 Å². The third-order valence-electron chi connectivity index (χ3n) is 3.79. The lowest BCUT2D eigenvalue weighted by molar-refractivity contribution is -0.182. The monoisotopic (exact) mass is 291 g/mol. The first-order valence-corrected chi connectivity index (χ1v) is 7.10. The van der Waals surface area contributed by atoms with E-state index in [9.17, 15) is 13.2 Å². The second-order valence-corrected chi connectivity index (χ2v) is 5.23. The van der Waals surface area contributed by atoms with Crippen molar-refractivity contribution < 1.29 is 17.6 Å². The van der Waals surface area contributed by atoms with Crippen LogP contribution in [0.25, 0.3) is 0 Å². The third kappa shape index (κ3) is 3.94. The molecule has 2 rings (SSSR count). The molecule has 4 nitrogen and oxygen atoms in total. The number of aromatic nitrogens is 2. The minimum absolute atomic E-state index is 0.0195. The Hall–Kier alpha value is -1.11. The van der Waals surface area contributed by atoms with Crippen molar-refractivity contribution in [3.8, 4) is 0 Å². The average Bonchev–Trinajstić information content (AvgIpc) is 2.87. The summed E-state index contributed by atoms with van der Waals surface area (Å²) >= 11 is 0. The van der Waals surface area contributed by atoms with Crippen LogP contribution in [0.4, 0.5) is 13.2 Å². The summed E-state index contributed by atoms with van der Waals surface area (Å²) < 4.78 is 43.3. The van der Waals surface area contributed by atoms with Crippen molar-refractivity contribution in [1.29, 1.82) is 0 Å². The van der Waals surface area contributed by atoms with Gasteiger partial charge in [0.25, 0.3) is 0 Å².